The van der Waals surface area contributed by atoms with Gasteiger partial charge in [-0.05, 0) is 24.3 Å². The van der Waals surface area contributed by atoms with Gasteiger partial charge in [0.2, 0.25) is 0 Å². The lowest BCUT2D eigenvalue weighted by Gasteiger charge is -2.28. The van der Waals surface area contributed by atoms with Gasteiger partial charge in [-0.15, -0.1) is 0 Å². The molecule has 1 aliphatic rings. The Morgan fingerprint density at radius 2 is 1.65 bits per heavy atom. The van der Waals surface area contributed by atoms with Gasteiger partial charge in [-0.2, -0.15) is 0 Å². The molecule has 1 fully saturated rings. The number of aromatic nitrogens is 2. The molecule has 2 heterocycles. The maximum absolute atomic E-state index is 6.00. The summed E-state index contributed by atoms with van der Waals surface area (Å²) >= 11 is 7.63. The lowest BCUT2D eigenvalue weighted by Crippen LogP contribution is -2.44. The minimum atomic E-state index is 0.739. The van der Waals surface area contributed by atoms with Gasteiger partial charge in [0, 0.05) is 47.7 Å². The molecule has 6 heteroatoms. The predicted molar refractivity (Wildman–Crippen MR) is 108 cm³/mol. The zero-order chi connectivity index (χ0) is 17.8. The van der Waals surface area contributed by atoms with Crippen LogP contribution in [-0.4, -0.2) is 36.1 Å². The van der Waals surface area contributed by atoms with Crippen LogP contribution < -0.4 is 10.2 Å². The maximum Gasteiger partial charge on any atom is 0.162 e. The van der Waals surface area contributed by atoms with E-state index in [1.165, 1.54) is 0 Å². The van der Waals surface area contributed by atoms with E-state index in [4.69, 9.17) is 21.6 Å². The van der Waals surface area contributed by atoms with Crippen LogP contribution in [0, 0.1) is 0 Å². The van der Waals surface area contributed by atoms with Crippen molar-refractivity contribution in [1.82, 2.24) is 15.3 Å². The van der Waals surface area contributed by atoms with Crippen LogP contribution in [0.5, 0.6) is 0 Å². The highest BCUT2D eigenvalue weighted by molar-refractivity contribution is 7.99. The number of hydrogen-bond acceptors (Lipinski definition) is 5. The van der Waals surface area contributed by atoms with E-state index >= 15 is 0 Å². The number of hydrogen-bond donors (Lipinski definition) is 1. The lowest BCUT2D eigenvalue weighted by molar-refractivity contribution is 0.584. The second-order valence-corrected chi connectivity index (χ2v) is 7.58. The molecule has 2 aromatic carbocycles. The number of benzene rings is 2. The Morgan fingerprint density at radius 1 is 0.923 bits per heavy atom. The summed E-state index contributed by atoms with van der Waals surface area (Å²) in [7, 11) is 0. The van der Waals surface area contributed by atoms with E-state index in [0.717, 1.165) is 58.3 Å². The first-order valence-corrected chi connectivity index (χ1v) is 9.81. The normalized spacial score (nSPS) is 14.4. The zero-order valence-electron chi connectivity index (χ0n) is 14.2. The fraction of sp³-hybridized carbons (Fsp3) is 0.200. The summed E-state index contributed by atoms with van der Waals surface area (Å²) in [5, 5.41) is 5.07. The van der Waals surface area contributed by atoms with E-state index in [1.54, 1.807) is 11.8 Å². The largest absolute Gasteiger partial charge is 0.354 e. The second-order valence-electron chi connectivity index (χ2n) is 6.05. The summed E-state index contributed by atoms with van der Waals surface area (Å²) in [4.78, 5) is 13.1. The molecular formula is C20H19ClN4S. The van der Waals surface area contributed by atoms with Crippen molar-refractivity contribution in [2.75, 3.05) is 31.1 Å². The molecule has 1 saturated heterocycles. The molecule has 4 nitrogen and oxygen atoms in total. The second kappa shape index (κ2) is 8.08. The molecule has 0 unspecified atom stereocenters. The standard InChI is InChI=1S/C20H19ClN4S/c21-16-6-8-17(9-7-16)26-19-14-18(25-12-10-22-11-13-25)23-20(24-19)15-4-2-1-3-5-15/h1-9,14,22H,10-13H2. The van der Waals surface area contributed by atoms with E-state index in [2.05, 4.69) is 16.3 Å². The smallest absolute Gasteiger partial charge is 0.162 e. The van der Waals surface area contributed by atoms with Gasteiger partial charge >= 0.3 is 0 Å². The Balaban J connectivity index is 1.70. The van der Waals surface area contributed by atoms with Crippen molar-refractivity contribution in [3.05, 3.63) is 65.7 Å². The van der Waals surface area contributed by atoms with Gasteiger partial charge in [0.15, 0.2) is 5.82 Å². The number of piperazine rings is 1. The zero-order valence-corrected chi connectivity index (χ0v) is 15.8. The SMILES string of the molecule is Clc1ccc(Sc2cc(N3CCNCC3)nc(-c3ccccc3)n2)cc1. The predicted octanol–water partition coefficient (Wildman–Crippen LogP) is 4.36. The highest BCUT2D eigenvalue weighted by Crippen LogP contribution is 2.31. The van der Waals surface area contributed by atoms with Crippen molar-refractivity contribution in [1.29, 1.82) is 0 Å². The van der Waals surface area contributed by atoms with Crippen LogP contribution in [0.1, 0.15) is 0 Å². The number of nitrogens with one attached hydrogen (secondary N) is 1. The molecular weight excluding hydrogens is 364 g/mol. The van der Waals surface area contributed by atoms with Crippen LogP contribution in [0.15, 0.2) is 70.6 Å². The highest BCUT2D eigenvalue weighted by Gasteiger charge is 2.15. The van der Waals surface area contributed by atoms with Gasteiger partial charge in [0.1, 0.15) is 10.8 Å². The Kier molecular flexibility index (Phi) is 5.39. The first-order valence-electron chi connectivity index (χ1n) is 8.61. The minimum absolute atomic E-state index is 0.739. The van der Waals surface area contributed by atoms with Gasteiger partial charge in [-0.1, -0.05) is 53.7 Å². The van der Waals surface area contributed by atoms with Crippen molar-refractivity contribution in [3.8, 4) is 11.4 Å². The summed E-state index contributed by atoms with van der Waals surface area (Å²) in [5.41, 5.74) is 1.03. The molecule has 0 atom stereocenters. The average molecular weight is 383 g/mol. The van der Waals surface area contributed by atoms with Crippen LogP contribution in [-0.2, 0) is 0 Å². The molecule has 3 aromatic rings. The van der Waals surface area contributed by atoms with Gasteiger partial charge in [0.25, 0.3) is 0 Å². The van der Waals surface area contributed by atoms with Crippen LogP contribution >= 0.6 is 23.4 Å². The van der Waals surface area contributed by atoms with Crippen LogP contribution in [0.25, 0.3) is 11.4 Å². The average Bonchev–Trinajstić information content (AvgIpc) is 2.71. The highest BCUT2D eigenvalue weighted by atomic mass is 35.5. The Hall–Kier alpha value is -2.08. The monoisotopic (exact) mass is 382 g/mol. The molecule has 0 saturated carbocycles. The fourth-order valence-electron chi connectivity index (χ4n) is 2.86. The molecule has 1 aliphatic heterocycles. The van der Waals surface area contributed by atoms with Gasteiger partial charge < -0.3 is 10.2 Å². The third kappa shape index (κ3) is 4.18. The first-order chi connectivity index (χ1) is 12.8. The van der Waals surface area contributed by atoms with E-state index in [9.17, 15) is 0 Å². The number of halogens is 1. The summed E-state index contributed by atoms with van der Waals surface area (Å²) < 4.78 is 0. The summed E-state index contributed by atoms with van der Waals surface area (Å²) in [6.07, 6.45) is 0. The van der Waals surface area contributed by atoms with Gasteiger partial charge in [0.05, 0.1) is 0 Å². The molecule has 132 valence electrons. The van der Waals surface area contributed by atoms with E-state index < -0.39 is 0 Å². The van der Waals surface area contributed by atoms with Crippen LogP contribution in [0.4, 0.5) is 5.82 Å². The third-order valence-electron chi connectivity index (χ3n) is 4.20. The van der Waals surface area contributed by atoms with Crippen molar-refractivity contribution < 1.29 is 0 Å². The van der Waals surface area contributed by atoms with E-state index in [1.807, 2.05) is 54.6 Å². The molecule has 0 radical (unpaired) electrons. The molecule has 1 N–H and O–H groups in total. The number of nitrogens with zero attached hydrogens (tertiary/aromatic N) is 3. The molecule has 26 heavy (non-hydrogen) atoms. The van der Waals surface area contributed by atoms with Crippen molar-refractivity contribution in [2.24, 2.45) is 0 Å². The summed E-state index contributed by atoms with van der Waals surface area (Å²) in [6, 6.07) is 20.1. The van der Waals surface area contributed by atoms with Gasteiger partial charge in [-0.3, -0.25) is 0 Å². The third-order valence-corrected chi connectivity index (χ3v) is 5.38. The number of anilines is 1. The van der Waals surface area contributed by atoms with Crippen molar-refractivity contribution in [2.45, 2.75) is 9.92 Å². The molecule has 4 rings (SSSR count). The molecule has 0 amide bonds. The van der Waals surface area contributed by atoms with Gasteiger partial charge in [-0.25, -0.2) is 9.97 Å². The molecule has 1 aromatic heterocycles. The van der Waals surface area contributed by atoms with Crippen molar-refractivity contribution in [3.63, 3.8) is 0 Å². The molecule has 0 bridgehead atoms. The van der Waals surface area contributed by atoms with Crippen molar-refractivity contribution >= 4 is 29.2 Å². The topological polar surface area (TPSA) is 41.0 Å². The van der Waals surface area contributed by atoms with Crippen LogP contribution in [0.2, 0.25) is 5.02 Å². The lowest BCUT2D eigenvalue weighted by atomic mass is 10.2. The Morgan fingerprint density at radius 3 is 2.38 bits per heavy atom. The van der Waals surface area contributed by atoms with E-state index in [0.29, 0.717) is 0 Å². The Labute approximate surface area is 162 Å². The fourth-order valence-corrected chi connectivity index (χ4v) is 3.80. The first kappa shape index (κ1) is 17.3. The summed E-state index contributed by atoms with van der Waals surface area (Å²) in [5.74, 6) is 1.75. The maximum atomic E-state index is 6.00. The van der Waals surface area contributed by atoms with Crippen LogP contribution in [0.3, 0.4) is 0 Å². The molecule has 0 spiro atoms. The Bertz CT molecular complexity index is 865. The minimum Gasteiger partial charge on any atom is -0.354 e. The summed E-state index contributed by atoms with van der Waals surface area (Å²) in [6.45, 7) is 3.86. The number of rotatable bonds is 4. The quantitative estimate of drug-likeness (QED) is 0.679. The van der Waals surface area contributed by atoms with E-state index in [-0.39, 0.29) is 0 Å². The molecule has 0 aliphatic carbocycles.